The molecule has 2 aromatic rings. The summed E-state index contributed by atoms with van der Waals surface area (Å²) in [6.07, 6.45) is 0.973. The maximum atomic E-state index is 11.6. The Bertz CT molecular complexity index is 664. The predicted molar refractivity (Wildman–Crippen MR) is 89.1 cm³/mol. The lowest BCUT2D eigenvalue weighted by atomic mass is 9.83. The van der Waals surface area contributed by atoms with Gasteiger partial charge in [-0.2, -0.15) is 0 Å². The van der Waals surface area contributed by atoms with Crippen LogP contribution in [-0.2, 0) is 9.53 Å². The minimum atomic E-state index is -0.363. The molecule has 2 aromatic carbocycles. The van der Waals surface area contributed by atoms with Crippen molar-refractivity contribution in [1.82, 2.24) is 0 Å². The SMILES string of the molecule is COC(=O)c1ccc(C(C)C(C=O)c2cccc(Br)c2)cc1. The number of methoxy groups -OCH3 is 1. The molecule has 0 radical (unpaired) electrons. The third-order valence-corrected chi connectivity index (χ3v) is 4.27. The van der Waals surface area contributed by atoms with E-state index in [4.69, 9.17) is 0 Å². The van der Waals surface area contributed by atoms with E-state index in [1.807, 2.05) is 43.3 Å². The summed E-state index contributed by atoms with van der Waals surface area (Å²) in [7, 11) is 1.36. The van der Waals surface area contributed by atoms with Gasteiger partial charge in [-0.05, 0) is 41.3 Å². The van der Waals surface area contributed by atoms with Crippen molar-refractivity contribution in [2.75, 3.05) is 7.11 Å². The van der Waals surface area contributed by atoms with Gasteiger partial charge in [0.1, 0.15) is 6.29 Å². The monoisotopic (exact) mass is 360 g/mol. The summed E-state index contributed by atoms with van der Waals surface area (Å²) in [6, 6.07) is 14.9. The molecule has 2 atom stereocenters. The molecular formula is C18H17BrO3. The van der Waals surface area contributed by atoms with Crippen LogP contribution >= 0.6 is 15.9 Å². The Morgan fingerprint density at radius 2 is 1.82 bits per heavy atom. The third-order valence-electron chi connectivity index (χ3n) is 3.78. The van der Waals surface area contributed by atoms with Gasteiger partial charge in [0.2, 0.25) is 0 Å². The number of ether oxygens (including phenoxy) is 1. The standard InChI is InChI=1S/C18H17BrO3/c1-12(13-6-8-14(9-7-13)18(21)22-2)17(11-20)15-4-3-5-16(19)10-15/h3-12,17H,1-2H3. The van der Waals surface area contributed by atoms with E-state index in [9.17, 15) is 9.59 Å². The quantitative estimate of drug-likeness (QED) is 0.588. The molecule has 0 saturated heterocycles. The van der Waals surface area contributed by atoms with Gasteiger partial charge in [-0.1, -0.05) is 47.1 Å². The second-order valence-electron chi connectivity index (χ2n) is 5.12. The van der Waals surface area contributed by atoms with Crippen molar-refractivity contribution in [2.45, 2.75) is 18.8 Å². The summed E-state index contributed by atoms with van der Waals surface area (Å²) in [5.74, 6) is -0.585. The van der Waals surface area contributed by atoms with Gasteiger partial charge in [0.05, 0.1) is 12.7 Å². The van der Waals surface area contributed by atoms with Gasteiger partial charge in [0.15, 0.2) is 0 Å². The highest BCUT2D eigenvalue weighted by molar-refractivity contribution is 9.10. The molecule has 2 unspecified atom stereocenters. The number of benzene rings is 2. The highest BCUT2D eigenvalue weighted by atomic mass is 79.9. The minimum Gasteiger partial charge on any atom is -0.465 e. The molecule has 0 aliphatic heterocycles. The molecule has 0 aliphatic rings. The van der Waals surface area contributed by atoms with E-state index in [1.165, 1.54) is 7.11 Å². The molecule has 0 bridgehead atoms. The van der Waals surface area contributed by atoms with E-state index in [0.29, 0.717) is 5.56 Å². The van der Waals surface area contributed by atoms with Crippen LogP contribution in [0, 0.1) is 0 Å². The molecule has 114 valence electrons. The van der Waals surface area contributed by atoms with Crippen LogP contribution in [-0.4, -0.2) is 19.4 Å². The number of hydrogen-bond acceptors (Lipinski definition) is 3. The van der Waals surface area contributed by atoms with Gasteiger partial charge in [-0.3, -0.25) is 0 Å². The Morgan fingerprint density at radius 1 is 1.14 bits per heavy atom. The predicted octanol–water partition coefficient (Wildman–Crippen LogP) is 4.32. The molecule has 0 saturated carbocycles. The molecule has 22 heavy (non-hydrogen) atoms. The van der Waals surface area contributed by atoms with Crippen LogP contribution in [0.1, 0.15) is 40.2 Å². The number of carbonyl (C=O) groups excluding carboxylic acids is 2. The summed E-state index contributed by atoms with van der Waals surface area (Å²) in [6.45, 7) is 2.01. The van der Waals surface area contributed by atoms with Crippen LogP contribution in [0.5, 0.6) is 0 Å². The average Bonchev–Trinajstić information content (AvgIpc) is 2.55. The first kappa shape index (κ1) is 16.4. The molecule has 0 aromatic heterocycles. The Balaban J connectivity index is 2.26. The zero-order chi connectivity index (χ0) is 16.1. The van der Waals surface area contributed by atoms with Crippen LogP contribution in [0.2, 0.25) is 0 Å². The van der Waals surface area contributed by atoms with Crippen LogP contribution in [0.15, 0.2) is 53.0 Å². The highest BCUT2D eigenvalue weighted by Crippen LogP contribution is 2.32. The molecule has 4 heteroatoms. The van der Waals surface area contributed by atoms with Crippen molar-refractivity contribution >= 4 is 28.2 Å². The topological polar surface area (TPSA) is 43.4 Å². The van der Waals surface area contributed by atoms with Crippen molar-refractivity contribution in [1.29, 1.82) is 0 Å². The van der Waals surface area contributed by atoms with Crippen molar-refractivity contribution < 1.29 is 14.3 Å². The molecule has 0 spiro atoms. The average molecular weight is 361 g/mol. The Hall–Kier alpha value is -1.94. The van der Waals surface area contributed by atoms with Gasteiger partial charge in [-0.15, -0.1) is 0 Å². The smallest absolute Gasteiger partial charge is 0.337 e. The summed E-state index contributed by atoms with van der Waals surface area (Å²) < 4.78 is 5.64. The van der Waals surface area contributed by atoms with Gasteiger partial charge >= 0.3 is 5.97 Å². The molecular weight excluding hydrogens is 344 g/mol. The van der Waals surface area contributed by atoms with Crippen LogP contribution in [0.25, 0.3) is 0 Å². The summed E-state index contributed by atoms with van der Waals surface area (Å²) >= 11 is 3.43. The maximum Gasteiger partial charge on any atom is 0.337 e. The summed E-state index contributed by atoms with van der Waals surface area (Å²) in [5.41, 5.74) is 2.47. The fourth-order valence-corrected chi connectivity index (χ4v) is 2.86. The van der Waals surface area contributed by atoms with Gasteiger partial charge in [0, 0.05) is 10.4 Å². The minimum absolute atomic E-state index is 0.0125. The molecule has 0 amide bonds. The number of esters is 1. The van der Waals surface area contributed by atoms with Gasteiger partial charge in [-0.25, -0.2) is 4.79 Å². The van der Waals surface area contributed by atoms with Gasteiger partial charge < -0.3 is 9.53 Å². The second kappa shape index (κ2) is 7.36. The number of halogens is 1. The second-order valence-corrected chi connectivity index (χ2v) is 6.03. The number of aldehydes is 1. The van der Waals surface area contributed by atoms with Crippen molar-refractivity contribution in [3.05, 3.63) is 69.7 Å². The molecule has 0 N–H and O–H groups in total. The lowest BCUT2D eigenvalue weighted by Crippen LogP contribution is -2.10. The first-order chi connectivity index (χ1) is 10.6. The Kier molecular flexibility index (Phi) is 5.50. The zero-order valence-corrected chi connectivity index (χ0v) is 14.0. The number of hydrogen-bond donors (Lipinski definition) is 0. The van der Waals surface area contributed by atoms with E-state index < -0.39 is 0 Å². The van der Waals surface area contributed by atoms with E-state index in [0.717, 1.165) is 21.9 Å². The maximum absolute atomic E-state index is 11.6. The fraction of sp³-hybridized carbons (Fsp3) is 0.222. The molecule has 0 heterocycles. The fourth-order valence-electron chi connectivity index (χ4n) is 2.45. The van der Waals surface area contributed by atoms with E-state index in [2.05, 4.69) is 20.7 Å². The first-order valence-electron chi connectivity index (χ1n) is 6.96. The first-order valence-corrected chi connectivity index (χ1v) is 7.75. The lowest BCUT2D eigenvalue weighted by Gasteiger charge is -2.20. The van der Waals surface area contributed by atoms with E-state index >= 15 is 0 Å². The van der Waals surface area contributed by atoms with Crippen molar-refractivity contribution in [2.24, 2.45) is 0 Å². The molecule has 3 nitrogen and oxygen atoms in total. The number of rotatable bonds is 5. The molecule has 0 fully saturated rings. The Labute approximate surface area is 138 Å². The zero-order valence-electron chi connectivity index (χ0n) is 12.5. The highest BCUT2D eigenvalue weighted by Gasteiger charge is 2.21. The summed E-state index contributed by atoms with van der Waals surface area (Å²) in [4.78, 5) is 23.0. The molecule has 0 aliphatic carbocycles. The van der Waals surface area contributed by atoms with E-state index in [-0.39, 0.29) is 17.8 Å². The van der Waals surface area contributed by atoms with E-state index in [1.54, 1.807) is 12.1 Å². The third kappa shape index (κ3) is 3.63. The lowest BCUT2D eigenvalue weighted by molar-refractivity contribution is -0.109. The molecule has 2 rings (SSSR count). The number of carbonyl (C=O) groups is 2. The van der Waals surface area contributed by atoms with Crippen LogP contribution in [0.3, 0.4) is 0 Å². The summed E-state index contributed by atoms with van der Waals surface area (Å²) in [5, 5.41) is 0. The normalized spacial score (nSPS) is 13.2. The van der Waals surface area contributed by atoms with Crippen LogP contribution < -0.4 is 0 Å². The van der Waals surface area contributed by atoms with Crippen molar-refractivity contribution in [3.8, 4) is 0 Å². The van der Waals surface area contributed by atoms with Crippen molar-refractivity contribution in [3.63, 3.8) is 0 Å². The largest absolute Gasteiger partial charge is 0.465 e. The van der Waals surface area contributed by atoms with Gasteiger partial charge in [0.25, 0.3) is 0 Å². The Morgan fingerprint density at radius 3 is 2.36 bits per heavy atom. The van der Waals surface area contributed by atoms with Crippen LogP contribution in [0.4, 0.5) is 0 Å².